The van der Waals surface area contributed by atoms with Gasteiger partial charge in [0.1, 0.15) is 11.2 Å². The van der Waals surface area contributed by atoms with Crippen molar-refractivity contribution < 1.29 is 4.42 Å². The summed E-state index contributed by atoms with van der Waals surface area (Å²) in [5.41, 5.74) is 9.46. The molecular formula is C31H22O. The van der Waals surface area contributed by atoms with Crippen LogP contribution in [0.5, 0.6) is 0 Å². The molecule has 0 aliphatic rings. The highest BCUT2D eigenvalue weighted by Crippen LogP contribution is 2.32. The molecule has 0 aliphatic carbocycles. The Morgan fingerprint density at radius 2 is 0.938 bits per heavy atom. The molecule has 0 bridgehead atoms. The number of hydrogen-bond donors (Lipinski definition) is 0. The lowest BCUT2D eigenvalue weighted by Crippen LogP contribution is -1.89. The SMILES string of the molecule is c1ccc(-c2ccc(Cc3ccc(-c4ccc5oc6ccccc6c5c4)cc3)cc2)cc1. The third-order valence-corrected chi connectivity index (χ3v) is 6.13. The average Bonchev–Trinajstić information content (AvgIpc) is 3.24. The maximum absolute atomic E-state index is 5.97. The van der Waals surface area contributed by atoms with Gasteiger partial charge < -0.3 is 4.42 Å². The van der Waals surface area contributed by atoms with E-state index in [1.165, 1.54) is 44.2 Å². The molecule has 6 aromatic rings. The number of rotatable bonds is 4. The minimum absolute atomic E-state index is 0.931. The van der Waals surface area contributed by atoms with Gasteiger partial charge in [-0.3, -0.25) is 0 Å². The van der Waals surface area contributed by atoms with Gasteiger partial charge in [0, 0.05) is 10.8 Å². The van der Waals surface area contributed by atoms with E-state index in [0.29, 0.717) is 0 Å². The predicted molar refractivity (Wildman–Crippen MR) is 134 cm³/mol. The van der Waals surface area contributed by atoms with Crippen molar-refractivity contribution in [2.24, 2.45) is 0 Å². The van der Waals surface area contributed by atoms with Gasteiger partial charge in [-0.05, 0) is 58.0 Å². The van der Waals surface area contributed by atoms with E-state index in [-0.39, 0.29) is 0 Å². The van der Waals surface area contributed by atoms with Crippen LogP contribution in [0.2, 0.25) is 0 Å². The summed E-state index contributed by atoms with van der Waals surface area (Å²) in [4.78, 5) is 0. The van der Waals surface area contributed by atoms with Crippen LogP contribution in [0.3, 0.4) is 0 Å². The number of fused-ring (bicyclic) bond motifs is 3. The molecule has 0 saturated heterocycles. The Kier molecular flexibility index (Phi) is 4.58. The summed E-state index contributed by atoms with van der Waals surface area (Å²) in [6.07, 6.45) is 0.931. The zero-order chi connectivity index (χ0) is 21.3. The Bertz CT molecular complexity index is 1510. The van der Waals surface area contributed by atoms with Gasteiger partial charge in [-0.25, -0.2) is 0 Å². The van der Waals surface area contributed by atoms with E-state index in [4.69, 9.17) is 4.42 Å². The van der Waals surface area contributed by atoms with Crippen LogP contribution < -0.4 is 0 Å². The number of hydrogen-bond acceptors (Lipinski definition) is 1. The van der Waals surface area contributed by atoms with E-state index in [1.807, 2.05) is 12.1 Å². The first-order valence-corrected chi connectivity index (χ1v) is 11.0. The van der Waals surface area contributed by atoms with Gasteiger partial charge in [0.2, 0.25) is 0 Å². The van der Waals surface area contributed by atoms with Crippen LogP contribution in [-0.4, -0.2) is 0 Å². The van der Waals surface area contributed by atoms with Crippen molar-refractivity contribution in [1.29, 1.82) is 0 Å². The van der Waals surface area contributed by atoms with Gasteiger partial charge in [0.25, 0.3) is 0 Å². The number of para-hydroxylation sites is 1. The minimum atomic E-state index is 0.931. The summed E-state index contributed by atoms with van der Waals surface area (Å²) in [6, 6.07) is 43.0. The minimum Gasteiger partial charge on any atom is -0.456 e. The van der Waals surface area contributed by atoms with Crippen LogP contribution in [0.4, 0.5) is 0 Å². The molecule has 1 aromatic heterocycles. The molecule has 5 aromatic carbocycles. The van der Waals surface area contributed by atoms with Crippen LogP contribution in [0.1, 0.15) is 11.1 Å². The van der Waals surface area contributed by atoms with E-state index < -0.39 is 0 Å². The van der Waals surface area contributed by atoms with Crippen LogP contribution in [-0.2, 0) is 6.42 Å². The van der Waals surface area contributed by atoms with E-state index in [9.17, 15) is 0 Å². The van der Waals surface area contributed by atoms with Crippen molar-refractivity contribution in [3.63, 3.8) is 0 Å². The fourth-order valence-corrected chi connectivity index (χ4v) is 4.40. The van der Waals surface area contributed by atoms with Crippen LogP contribution in [0, 0.1) is 0 Å². The van der Waals surface area contributed by atoms with Crippen LogP contribution in [0.15, 0.2) is 126 Å². The van der Waals surface area contributed by atoms with Gasteiger partial charge in [-0.15, -0.1) is 0 Å². The van der Waals surface area contributed by atoms with Crippen molar-refractivity contribution in [2.75, 3.05) is 0 Å². The lowest BCUT2D eigenvalue weighted by Gasteiger charge is -2.07. The molecule has 32 heavy (non-hydrogen) atoms. The molecule has 0 fully saturated rings. The van der Waals surface area contributed by atoms with E-state index in [2.05, 4.69) is 109 Å². The standard InChI is InChI=1S/C31H22O/c1-2-6-24(7-3-1)25-14-10-22(11-15-25)20-23-12-16-26(17-13-23)27-18-19-31-29(21-27)28-8-4-5-9-30(28)32-31/h1-19,21H,20H2. The maximum Gasteiger partial charge on any atom is 0.135 e. The fraction of sp³-hybridized carbons (Fsp3) is 0.0323. The lowest BCUT2D eigenvalue weighted by molar-refractivity contribution is 0.669. The maximum atomic E-state index is 5.97. The third kappa shape index (κ3) is 3.48. The van der Waals surface area contributed by atoms with Crippen molar-refractivity contribution in [2.45, 2.75) is 6.42 Å². The molecule has 0 N–H and O–H groups in total. The topological polar surface area (TPSA) is 13.1 Å². The fourth-order valence-electron chi connectivity index (χ4n) is 4.40. The highest BCUT2D eigenvalue weighted by atomic mass is 16.3. The second-order valence-corrected chi connectivity index (χ2v) is 8.25. The van der Waals surface area contributed by atoms with Gasteiger partial charge in [-0.1, -0.05) is 103 Å². The van der Waals surface area contributed by atoms with E-state index >= 15 is 0 Å². The van der Waals surface area contributed by atoms with Crippen LogP contribution >= 0.6 is 0 Å². The third-order valence-electron chi connectivity index (χ3n) is 6.13. The molecule has 152 valence electrons. The van der Waals surface area contributed by atoms with Crippen molar-refractivity contribution in [1.82, 2.24) is 0 Å². The zero-order valence-electron chi connectivity index (χ0n) is 17.7. The van der Waals surface area contributed by atoms with Crippen LogP contribution in [0.25, 0.3) is 44.2 Å². The van der Waals surface area contributed by atoms with Gasteiger partial charge >= 0.3 is 0 Å². The average molecular weight is 411 g/mol. The quantitative estimate of drug-likeness (QED) is 0.284. The Hall–Kier alpha value is -4.10. The van der Waals surface area contributed by atoms with Gasteiger partial charge in [0.05, 0.1) is 0 Å². The summed E-state index contributed by atoms with van der Waals surface area (Å²) in [7, 11) is 0. The molecule has 0 saturated carbocycles. The predicted octanol–water partition coefficient (Wildman–Crippen LogP) is 8.51. The normalized spacial score (nSPS) is 11.2. The van der Waals surface area contributed by atoms with Gasteiger partial charge in [0.15, 0.2) is 0 Å². The Balaban J connectivity index is 1.24. The molecule has 1 heteroatoms. The highest BCUT2D eigenvalue weighted by Gasteiger charge is 2.08. The smallest absolute Gasteiger partial charge is 0.135 e. The van der Waals surface area contributed by atoms with E-state index in [0.717, 1.165) is 17.6 Å². The summed E-state index contributed by atoms with van der Waals surface area (Å²) in [6.45, 7) is 0. The lowest BCUT2D eigenvalue weighted by atomic mass is 9.98. The molecule has 0 unspecified atom stereocenters. The largest absolute Gasteiger partial charge is 0.456 e. The molecular weight excluding hydrogens is 388 g/mol. The summed E-state index contributed by atoms with van der Waals surface area (Å²) in [5.74, 6) is 0. The van der Waals surface area contributed by atoms with Gasteiger partial charge in [-0.2, -0.15) is 0 Å². The molecule has 0 amide bonds. The second-order valence-electron chi connectivity index (χ2n) is 8.25. The van der Waals surface area contributed by atoms with Crippen molar-refractivity contribution in [3.8, 4) is 22.3 Å². The molecule has 1 heterocycles. The summed E-state index contributed by atoms with van der Waals surface area (Å²) in [5, 5.41) is 2.33. The first-order chi connectivity index (χ1) is 15.8. The molecule has 0 atom stereocenters. The van der Waals surface area contributed by atoms with Crippen molar-refractivity contribution >= 4 is 21.9 Å². The number of furan rings is 1. The van der Waals surface area contributed by atoms with Crippen molar-refractivity contribution in [3.05, 3.63) is 132 Å². The highest BCUT2D eigenvalue weighted by molar-refractivity contribution is 6.06. The monoisotopic (exact) mass is 410 g/mol. The molecule has 6 rings (SSSR count). The Labute approximate surface area is 187 Å². The Morgan fingerprint density at radius 1 is 0.406 bits per heavy atom. The zero-order valence-corrected chi connectivity index (χ0v) is 17.7. The molecule has 0 radical (unpaired) electrons. The molecule has 0 spiro atoms. The molecule has 0 aliphatic heterocycles. The first kappa shape index (κ1) is 18.7. The number of benzene rings is 5. The first-order valence-electron chi connectivity index (χ1n) is 11.0. The second kappa shape index (κ2) is 7.86. The molecule has 1 nitrogen and oxygen atoms in total. The van der Waals surface area contributed by atoms with E-state index in [1.54, 1.807) is 0 Å². The summed E-state index contributed by atoms with van der Waals surface area (Å²) < 4.78 is 5.97. The summed E-state index contributed by atoms with van der Waals surface area (Å²) >= 11 is 0. The Morgan fingerprint density at radius 3 is 1.66 bits per heavy atom.